The standard InChI is InChI=1S/C14H24N6O/c1-10(21)17-11-5-7-20(9-11)13-4-3-12(16)14(18-13)19(2)8-6-15/h3-4,11H,5-9,15-16H2,1-2H3,(H,17,21). The van der Waals surface area contributed by atoms with Gasteiger partial charge in [0.05, 0.1) is 5.69 Å². The van der Waals surface area contributed by atoms with Crippen LogP contribution in [0.3, 0.4) is 0 Å². The second-order valence-corrected chi connectivity index (χ2v) is 5.42. The first-order valence-electron chi connectivity index (χ1n) is 7.21. The summed E-state index contributed by atoms with van der Waals surface area (Å²) in [6.07, 6.45) is 0.930. The first-order valence-corrected chi connectivity index (χ1v) is 7.21. The lowest BCUT2D eigenvalue weighted by atomic mass is 10.2. The summed E-state index contributed by atoms with van der Waals surface area (Å²) in [4.78, 5) is 19.9. The van der Waals surface area contributed by atoms with Gasteiger partial charge in [0.1, 0.15) is 5.82 Å². The number of pyridine rings is 1. The number of nitrogens with two attached hydrogens (primary N) is 2. The van der Waals surface area contributed by atoms with E-state index >= 15 is 0 Å². The van der Waals surface area contributed by atoms with E-state index in [1.807, 2.05) is 24.1 Å². The fourth-order valence-electron chi connectivity index (χ4n) is 2.60. The fourth-order valence-corrected chi connectivity index (χ4v) is 2.60. The highest BCUT2D eigenvalue weighted by Gasteiger charge is 2.24. The molecular weight excluding hydrogens is 268 g/mol. The minimum absolute atomic E-state index is 0.00971. The molecule has 1 aliphatic heterocycles. The number of hydrogen-bond acceptors (Lipinski definition) is 6. The van der Waals surface area contributed by atoms with Crippen LogP contribution < -0.4 is 26.6 Å². The number of rotatable bonds is 5. The maximum absolute atomic E-state index is 11.1. The summed E-state index contributed by atoms with van der Waals surface area (Å²) in [5.74, 6) is 1.65. The molecule has 1 atom stereocenters. The number of anilines is 3. The van der Waals surface area contributed by atoms with Gasteiger partial charge in [-0.2, -0.15) is 0 Å². The summed E-state index contributed by atoms with van der Waals surface area (Å²) in [6.45, 7) is 4.45. The number of hydrogen-bond donors (Lipinski definition) is 3. The van der Waals surface area contributed by atoms with Gasteiger partial charge in [-0.15, -0.1) is 0 Å². The predicted octanol–water partition coefficient (Wildman–Crippen LogP) is -0.226. The average Bonchev–Trinajstić information content (AvgIpc) is 2.87. The molecule has 0 radical (unpaired) electrons. The van der Waals surface area contributed by atoms with Crippen LogP contribution in [0.1, 0.15) is 13.3 Å². The van der Waals surface area contributed by atoms with Crippen molar-refractivity contribution in [2.45, 2.75) is 19.4 Å². The van der Waals surface area contributed by atoms with Crippen LogP contribution in [-0.2, 0) is 4.79 Å². The Hall–Kier alpha value is -2.02. The van der Waals surface area contributed by atoms with E-state index in [2.05, 4.69) is 15.2 Å². The zero-order valence-corrected chi connectivity index (χ0v) is 12.7. The first-order chi connectivity index (χ1) is 10.0. The van der Waals surface area contributed by atoms with Gasteiger partial charge in [-0.3, -0.25) is 4.79 Å². The van der Waals surface area contributed by atoms with Gasteiger partial charge in [0.25, 0.3) is 0 Å². The van der Waals surface area contributed by atoms with E-state index in [9.17, 15) is 4.79 Å². The van der Waals surface area contributed by atoms with Crippen LogP contribution in [0.25, 0.3) is 0 Å². The third-order valence-electron chi connectivity index (χ3n) is 3.64. The molecule has 21 heavy (non-hydrogen) atoms. The molecule has 0 spiro atoms. The molecular formula is C14H24N6O. The molecule has 7 heteroatoms. The molecule has 0 aromatic carbocycles. The Labute approximate surface area is 125 Å². The topological polar surface area (TPSA) is 101 Å². The molecule has 1 saturated heterocycles. The monoisotopic (exact) mass is 292 g/mol. The van der Waals surface area contributed by atoms with Crippen LogP contribution in [-0.4, -0.2) is 50.2 Å². The van der Waals surface area contributed by atoms with Crippen LogP contribution in [0.4, 0.5) is 17.3 Å². The molecule has 0 bridgehead atoms. The number of nitrogens with zero attached hydrogens (tertiary/aromatic N) is 3. The number of carbonyl (C=O) groups is 1. The largest absolute Gasteiger partial charge is 0.396 e. The summed E-state index contributed by atoms with van der Waals surface area (Å²) < 4.78 is 0. The van der Waals surface area contributed by atoms with Crippen LogP contribution >= 0.6 is 0 Å². The second-order valence-electron chi connectivity index (χ2n) is 5.42. The zero-order chi connectivity index (χ0) is 15.4. The molecule has 1 amide bonds. The summed E-state index contributed by atoms with van der Waals surface area (Å²) in [7, 11) is 1.93. The summed E-state index contributed by atoms with van der Waals surface area (Å²) in [5, 5.41) is 2.95. The molecule has 7 nitrogen and oxygen atoms in total. The number of nitrogen functional groups attached to an aromatic ring is 1. The van der Waals surface area contributed by atoms with Crippen molar-refractivity contribution in [3.63, 3.8) is 0 Å². The Kier molecular flexibility index (Phi) is 4.85. The fraction of sp³-hybridized carbons (Fsp3) is 0.571. The van der Waals surface area contributed by atoms with E-state index in [-0.39, 0.29) is 11.9 Å². The minimum Gasteiger partial charge on any atom is -0.396 e. The molecule has 1 unspecified atom stereocenters. The Balaban J connectivity index is 2.11. The highest BCUT2D eigenvalue weighted by atomic mass is 16.1. The Morgan fingerprint density at radius 2 is 2.33 bits per heavy atom. The number of amides is 1. The molecule has 5 N–H and O–H groups in total. The Morgan fingerprint density at radius 3 is 3.00 bits per heavy atom. The van der Waals surface area contributed by atoms with E-state index in [0.29, 0.717) is 18.8 Å². The summed E-state index contributed by atoms with van der Waals surface area (Å²) >= 11 is 0. The van der Waals surface area contributed by atoms with Crippen LogP contribution in [0.5, 0.6) is 0 Å². The molecule has 0 aliphatic carbocycles. The van der Waals surface area contributed by atoms with Crippen LogP contribution in [0.2, 0.25) is 0 Å². The smallest absolute Gasteiger partial charge is 0.217 e. The molecule has 2 rings (SSSR count). The van der Waals surface area contributed by atoms with Gasteiger partial charge >= 0.3 is 0 Å². The third-order valence-corrected chi connectivity index (χ3v) is 3.64. The van der Waals surface area contributed by atoms with Gasteiger partial charge in [0, 0.05) is 46.2 Å². The predicted molar refractivity (Wildman–Crippen MR) is 85.4 cm³/mol. The average molecular weight is 292 g/mol. The molecule has 116 valence electrons. The number of nitrogens with one attached hydrogen (secondary N) is 1. The van der Waals surface area contributed by atoms with Gasteiger partial charge < -0.3 is 26.6 Å². The SMILES string of the molecule is CC(=O)NC1CCN(c2ccc(N)c(N(C)CCN)n2)C1. The van der Waals surface area contributed by atoms with Crippen molar-refractivity contribution in [1.29, 1.82) is 0 Å². The van der Waals surface area contributed by atoms with Gasteiger partial charge in [-0.1, -0.05) is 0 Å². The van der Waals surface area contributed by atoms with Gasteiger partial charge in [-0.25, -0.2) is 4.98 Å². The lowest BCUT2D eigenvalue weighted by Gasteiger charge is -2.23. The third kappa shape index (κ3) is 3.75. The Morgan fingerprint density at radius 1 is 1.57 bits per heavy atom. The quantitative estimate of drug-likeness (QED) is 0.693. The molecule has 0 saturated carbocycles. The van der Waals surface area contributed by atoms with E-state index in [0.717, 1.165) is 31.1 Å². The van der Waals surface area contributed by atoms with Crippen LogP contribution in [0, 0.1) is 0 Å². The zero-order valence-electron chi connectivity index (χ0n) is 12.7. The van der Waals surface area contributed by atoms with E-state index in [1.54, 1.807) is 6.92 Å². The maximum Gasteiger partial charge on any atom is 0.217 e. The van der Waals surface area contributed by atoms with Gasteiger partial charge in [0.15, 0.2) is 5.82 Å². The number of aromatic nitrogens is 1. The lowest BCUT2D eigenvalue weighted by molar-refractivity contribution is -0.119. The van der Waals surface area contributed by atoms with E-state index in [1.165, 1.54) is 0 Å². The molecule has 1 fully saturated rings. The normalized spacial score (nSPS) is 17.9. The Bertz CT molecular complexity index is 506. The van der Waals surface area contributed by atoms with Gasteiger partial charge in [-0.05, 0) is 18.6 Å². The lowest BCUT2D eigenvalue weighted by Crippen LogP contribution is -2.35. The number of carbonyl (C=O) groups excluding carboxylic acids is 1. The van der Waals surface area contributed by atoms with Crippen molar-refractivity contribution < 1.29 is 4.79 Å². The van der Waals surface area contributed by atoms with Crippen molar-refractivity contribution >= 4 is 23.2 Å². The van der Waals surface area contributed by atoms with Crippen molar-refractivity contribution in [1.82, 2.24) is 10.3 Å². The highest BCUT2D eigenvalue weighted by molar-refractivity contribution is 5.73. The second kappa shape index (κ2) is 6.62. The van der Waals surface area contributed by atoms with Crippen molar-refractivity contribution in [2.75, 3.05) is 48.8 Å². The molecule has 1 aromatic heterocycles. The molecule has 2 heterocycles. The van der Waals surface area contributed by atoms with Crippen molar-refractivity contribution in [3.8, 4) is 0 Å². The van der Waals surface area contributed by atoms with Crippen LogP contribution in [0.15, 0.2) is 12.1 Å². The number of likely N-dealkylation sites (N-methyl/N-ethyl adjacent to an activating group) is 1. The molecule has 1 aromatic rings. The van der Waals surface area contributed by atoms with Crippen molar-refractivity contribution in [2.24, 2.45) is 5.73 Å². The van der Waals surface area contributed by atoms with E-state index < -0.39 is 0 Å². The van der Waals surface area contributed by atoms with Crippen molar-refractivity contribution in [3.05, 3.63) is 12.1 Å². The highest BCUT2D eigenvalue weighted by Crippen LogP contribution is 2.25. The minimum atomic E-state index is 0.00971. The first kappa shape index (κ1) is 15.4. The van der Waals surface area contributed by atoms with E-state index in [4.69, 9.17) is 11.5 Å². The summed E-state index contributed by atoms with van der Waals surface area (Å²) in [6, 6.07) is 3.98. The maximum atomic E-state index is 11.1. The van der Waals surface area contributed by atoms with Gasteiger partial charge in [0.2, 0.25) is 5.91 Å². The molecule has 1 aliphatic rings. The summed E-state index contributed by atoms with van der Waals surface area (Å²) in [5.41, 5.74) is 12.2.